The van der Waals surface area contributed by atoms with Crippen molar-refractivity contribution in [2.24, 2.45) is 0 Å². The molecule has 2 heterocycles. The van der Waals surface area contributed by atoms with Crippen LogP contribution >= 0.6 is 11.8 Å². The topological polar surface area (TPSA) is 40.6 Å². The largest absolute Gasteiger partial charge is 0.416 e. The van der Waals surface area contributed by atoms with E-state index in [1.54, 1.807) is 24.3 Å². The molecular weight excluding hydrogens is 506 g/mol. The smallest absolute Gasteiger partial charge is 0.304 e. The lowest BCUT2D eigenvalue weighted by molar-refractivity contribution is -0.138. The molecule has 4 nitrogen and oxygen atoms in total. The highest BCUT2D eigenvalue weighted by Crippen LogP contribution is 2.56. The molecule has 0 bridgehead atoms. The number of nitrogens with zero attached hydrogens (tertiary/aromatic N) is 2. The molecule has 36 heavy (non-hydrogen) atoms. The Morgan fingerprint density at radius 2 is 1.44 bits per heavy atom. The Balaban J connectivity index is 1.60. The second kappa shape index (κ2) is 8.29. The minimum Gasteiger partial charge on any atom is -0.304 e. The summed E-state index contributed by atoms with van der Waals surface area (Å²) < 4.78 is 79.9. The summed E-state index contributed by atoms with van der Waals surface area (Å²) in [7, 11) is 0. The van der Waals surface area contributed by atoms with Gasteiger partial charge in [-0.3, -0.25) is 14.5 Å². The highest BCUT2D eigenvalue weighted by molar-refractivity contribution is 8.02. The van der Waals surface area contributed by atoms with E-state index in [1.165, 1.54) is 23.1 Å². The van der Waals surface area contributed by atoms with Gasteiger partial charge >= 0.3 is 12.4 Å². The molecule has 2 aliphatic rings. The maximum atomic E-state index is 14.0. The summed E-state index contributed by atoms with van der Waals surface area (Å²) in [5, 5.41) is 0. The Labute approximate surface area is 205 Å². The molecule has 1 atom stereocenters. The second-order valence-corrected chi connectivity index (χ2v) is 9.48. The molecule has 0 N–H and O–H groups in total. The fourth-order valence-corrected chi connectivity index (χ4v) is 5.92. The number of alkyl halides is 6. The van der Waals surface area contributed by atoms with Gasteiger partial charge in [-0.05, 0) is 42.0 Å². The van der Waals surface area contributed by atoms with Gasteiger partial charge in [-0.2, -0.15) is 26.3 Å². The van der Waals surface area contributed by atoms with Gasteiger partial charge in [0.15, 0.2) is 0 Å². The number of carbonyl (C=O) groups excluding carboxylic acids is 2. The van der Waals surface area contributed by atoms with Crippen LogP contribution in [0.5, 0.6) is 0 Å². The Kier molecular flexibility index (Phi) is 5.58. The number of rotatable bonds is 3. The standard InChI is InChI=1S/C25H16F6N2O2S/c26-24(27,28)16-6-3-5-15(11-16)13-32-20-10-2-1-9-19(20)23(22(32)35)33(21(34)14-36-23)18-8-4-7-17(12-18)25(29,30)31/h1-12H,13-14H2. The average Bonchev–Trinajstić information content (AvgIpc) is 3.29. The first-order chi connectivity index (χ1) is 16.9. The van der Waals surface area contributed by atoms with Crippen LogP contribution in [-0.2, 0) is 33.4 Å². The average molecular weight is 522 g/mol. The number of benzene rings is 3. The zero-order valence-corrected chi connectivity index (χ0v) is 19.0. The van der Waals surface area contributed by atoms with E-state index in [1.807, 2.05) is 0 Å². The summed E-state index contributed by atoms with van der Waals surface area (Å²) >= 11 is 0.973. The molecule has 186 valence electrons. The van der Waals surface area contributed by atoms with Gasteiger partial charge in [-0.15, -0.1) is 11.8 Å². The third-order valence-corrected chi connectivity index (χ3v) is 7.48. The van der Waals surface area contributed by atoms with Crippen molar-refractivity contribution in [3.63, 3.8) is 0 Å². The Bertz CT molecular complexity index is 1370. The molecule has 0 aromatic heterocycles. The summed E-state index contributed by atoms with van der Waals surface area (Å²) in [6, 6.07) is 15.2. The quantitative estimate of drug-likeness (QED) is 0.385. The maximum absolute atomic E-state index is 14.0. The van der Waals surface area contributed by atoms with Gasteiger partial charge in [0.1, 0.15) is 0 Å². The summed E-state index contributed by atoms with van der Waals surface area (Å²) in [4.78, 5) is 27.6. The molecule has 3 aromatic rings. The van der Waals surface area contributed by atoms with Crippen molar-refractivity contribution in [3.8, 4) is 0 Å². The Morgan fingerprint density at radius 3 is 2.14 bits per heavy atom. The normalized spacial score (nSPS) is 19.9. The minimum atomic E-state index is -4.66. The maximum Gasteiger partial charge on any atom is 0.416 e. The molecule has 0 aliphatic carbocycles. The molecule has 5 rings (SSSR count). The first kappa shape index (κ1) is 24.2. The van der Waals surface area contributed by atoms with Crippen molar-refractivity contribution >= 4 is 35.0 Å². The minimum absolute atomic E-state index is 0.0936. The SMILES string of the molecule is O=C1CSC2(C(=O)N(Cc3cccc(C(F)(F)F)c3)c3ccccc32)N1c1cccc(C(F)(F)F)c1. The number of para-hydroxylation sites is 1. The number of amides is 2. The van der Waals surface area contributed by atoms with Gasteiger partial charge in [-0.25, -0.2) is 0 Å². The molecule has 2 amide bonds. The van der Waals surface area contributed by atoms with Crippen LogP contribution in [0.15, 0.2) is 72.8 Å². The summed E-state index contributed by atoms with van der Waals surface area (Å²) in [6.45, 7) is -0.216. The van der Waals surface area contributed by atoms with Crippen molar-refractivity contribution in [2.45, 2.75) is 23.8 Å². The Hall–Kier alpha value is -3.47. The van der Waals surface area contributed by atoms with E-state index in [2.05, 4.69) is 0 Å². The monoisotopic (exact) mass is 522 g/mol. The van der Waals surface area contributed by atoms with E-state index in [-0.39, 0.29) is 23.5 Å². The molecule has 3 aromatic carbocycles. The third-order valence-electron chi connectivity index (χ3n) is 6.09. The highest BCUT2D eigenvalue weighted by Gasteiger charge is 2.61. The van der Waals surface area contributed by atoms with E-state index < -0.39 is 40.2 Å². The van der Waals surface area contributed by atoms with E-state index >= 15 is 0 Å². The van der Waals surface area contributed by atoms with Crippen molar-refractivity contribution in [1.29, 1.82) is 0 Å². The number of halogens is 6. The van der Waals surface area contributed by atoms with Crippen LogP contribution in [-0.4, -0.2) is 17.6 Å². The third kappa shape index (κ3) is 3.82. The summed E-state index contributed by atoms with van der Waals surface area (Å²) in [6.07, 6.45) is -9.23. The van der Waals surface area contributed by atoms with Crippen molar-refractivity contribution in [1.82, 2.24) is 0 Å². The van der Waals surface area contributed by atoms with E-state index in [0.29, 0.717) is 11.3 Å². The highest BCUT2D eigenvalue weighted by atomic mass is 32.2. The Morgan fingerprint density at radius 1 is 0.806 bits per heavy atom. The number of carbonyl (C=O) groups is 2. The van der Waals surface area contributed by atoms with Crippen molar-refractivity contribution in [2.75, 3.05) is 15.6 Å². The number of thioether (sulfide) groups is 1. The van der Waals surface area contributed by atoms with Gasteiger partial charge in [0.2, 0.25) is 10.8 Å². The lowest BCUT2D eigenvalue weighted by Gasteiger charge is -2.33. The fraction of sp³-hybridized carbons (Fsp3) is 0.200. The van der Waals surface area contributed by atoms with Gasteiger partial charge in [-0.1, -0.05) is 36.4 Å². The number of hydrogen-bond donors (Lipinski definition) is 0. The van der Waals surface area contributed by atoms with Crippen LogP contribution in [0.1, 0.15) is 22.3 Å². The fourth-order valence-electron chi connectivity index (χ4n) is 4.56. The van der Waals surface area contributed by atoms with Crippen molar-refractivity contribution in [3.05, 3.63) is 95.1 Å². The van der Waals surface area contributed by atoms with Crippen LogP contribution < -0.4 is 9.80 Å². The molecule has 0 saturated carbocycles. The first-order valence-corrected chi connectivity index (χ1v) is 11.6. The molecule has 0 radical (unpaired) electrons. The van der Waals surface area contributed by atoms with Crippen LogP contribution in [0, 0.1) is 0 Å². The molecule has 1 fully saturated rings. The van der Waals surface area contributed by atoms with Crippen LogP contribution in [0.25, 0.3) is 0 Å². The zero-order chi connectivity index (χ0) is 25.9. The van der Waals surface area contributed by atoms with Crippen molar-refractivity contribution < 1.29 is 35.9 Å². The van der Waals surface area contributed by atoms with Crippen LogP contribution in [0.2, 0.25) is 0 Å². The molecule has 2 aliphatic heterocycles. The second-order valence-electron chi connectivity index (χ2n) is 8.32. The lowest BCUT2D eigenvalue weighted by Crippen LogP contribution is -2.49. The molecular formula is C25H16F6N2O2S. The van der Waals surface area contributed by atoms with Gasteiger partial charge in [0, 0.05) is 11.3 Å². The van der Waals surface area contributed by atoms with E-state index in [4.69, 9.17) is 0 Å². The number of fused-ring (bicyclic) bond motifs is 2. The number of anilines is 2. The summed E-state index contributed by atoms with van der Waals surface area (Å²) in [5.41, 5.74) is -0.965. The van der Waals surface area contributed by atoms with Gasteiger partial charge in [0.05, 0.1) is 29.1 Å². The lowest BCUT2D eigenvalue weighted by atomic mass is 10.0. The van der Waals surface area contributed by atoms with Crippen LogP contribution in [0.4, 0.5) is 37.7 Å². The molecule has 1 saturated heterocycles. The number of hydrogen-bond acceptors (Lipinski definition) is 3. The predicted molar refractivity (Wildman–Crippen MR) is 122 cm³/mol. The van der Waals surface area contributed by atoms with E-state index in [9.17, 15) is 35.9 Å². The molecule has 1 unspecified atom stereocenters. The van der Waals surface area contributed by atoms with E-state index in [0.717, 1.165) is 47.0 Å². The molecule has 1 spiro atoms. The predicted octanol–water partition coefficient (Wildman–Crippen LogP) is 6.20. The van der Waals surface area contributed by atoms with Crippen LogP contribution in [0.3, 0.4) is 0 Å². The summed E-state index contributed by atoms with van der Waals surface area (Å²) in [5.74, 6) is -1.33. The zero-order valence-electron chi connectivity index (χ0n) is 18.2. The van der Waals surface area contributed by atoms with Gasteiger partial charge < -0.3 is 4.90 Å². The van der Waals surface area contributed by atoms with Gasteiger partial charge in [0.25, 0.3) is 5.91 Å². The first-order valence-electron chi connectivity index (χ1n) is 10.6. The molecule has 11 heteroatoms.